The fourth-order valence-electron chi connectivity index (χ4n) is 0.643. The van der Waals surface area contributed by atoms with Crippen molar-refractivity contribution in [3.8, 4) is 5.75 Å². The first-order valence-corrected chi connectivity index (χ1v) is 5.97. The van der Waals surface area contributed by atoms with Gasteiger partial charge in [-0.05, 0) is 55.4 Å². The molecule has 60 valence electrons. The lowest BCUT2D eigenvalue weighted by atomic mass is 10.3. The molecule has 0 amide bonds. The molecule has 0 saturated heterocycles. The maximum Gasteiger partial charge on any atom is 0.131 e. The molecule has 0 aliphatic carbocycles. The van der Waals surface area contributed by atoms with Crippen LogP contribution in [0.4, 0.5) is 0 Å². The molecule has 0 spiro atoms. The smallest absolute Gasteiger partial charge is 0.131 e. The SMILES string of the molecule is Oc1cccc(SCl)c1SCl. The van der Waals surface area contributed by atoms with Gasteiger partial charge in [-0.3, -0.25) is 0 Å². The van der Waals surface area contributed by atoms with E-state index < -0.39 is 0 Å². The highest BCUT2D eigenvalue weighted by atomic mass is 35.7. The highest BCUT2D eigenvalue weighted by molar-refractivity contribution is 8.23. The molecule has 0 aromatic heterocycles. The van der Waals surface area contributed by atoms with Gasteiger partial charge in [0, 0.05) is 4.90 Å². The summed E-state index contributed by atoms with van der Waals surface area (Å²) in [6.45, 7) is 0. The van der Waals surface area contributed by atoms with Gasteiger partial charge in [0.15, 0.2) is 0 Å². The summed E-state index contributed by atoms with van der Waals surface area (Å²) in [7, 11) is 13.0. The van der Waals surface area contributed by atoms with Crippen LogP contribution in [-0.2, 0) is 0 Å². The van der Waals surface area contributed by atoms with Gasteiger partial charge in [0.2, 0.25) is 0 Å². The van der Waals surface area contributed by atoms with Crippen molar-refractivity contribution in [3.63, 3.8) is 0 Å². The van der Waals surface area contributed by atoms with Crippen LogP contribution in [0.15, 0.2) is 28.0 Å². The Hall–Kier alpha value is 0.300. The van der Waals surface area contributed by atoms with Gasteiger partial charge >= 0.3 is 0 Å². The van der Waals surface area contributed by atoms with Crippen molar-refractivity contribution in [1.82, 2.24) is 0 Å². The first-order valence-electron chi connectivity index (χ1n) is 2.68. The zero-order valence-corrected chi connectivity index (χ0v) is 8.40. The van der Waals surface area contributed by atoms with E-state index in [9.17, 15) is 5.11 Å². The number of phenolic OH excluding ortho intramolecular Hbond substituents is 1. The predicted molar refractivity (Wildman–Crippen MR) is 51.5 cm³/mol. The van der Waals surface area contributed by atoms with Crippen LogP contribution in [0.5, 0.6) is 5.75 Å². The van der Waals surface area contributed by atoms with E-state index in [2.05, 4.69) is 0 Å². The van der Waals surface area contributed by atoms with Crippen LogP contribution in [-0.4, -0.2) is 5.11 Å². The molecule has 0 fully saturated rings. The number of halogens is 2. The summed E-state index contributed by atoms with van der Waals surface area (Å²) in [5.74, 6) is 0.163. The Bertz CT molecular complexity index is 254. The maximum atomic E-state index is 9.25. The summed E-state index contributed by atoms with van der Waals surface area (Å²) in [4.78, 5) is 1.38. The monoisotopic (exact) mass is 226 g/mol. The summed E-state index contributed by atoms with van der Waals surface area (Å²) in [6, 6.07) is 5.08. The molecule has 0 unspecified atom stereocenters. The maximum absolute atomic E-state index is 9.25. The number of benzene rings is 1. The topological polar surface area (TPSA) is 20.2 Å². The number of aromatic hydroxyl groups is 1. The van der Waals surface area contributed by atoms with Gasteiger partial charge in [-0.15, -0.1) is 0 Å². The average Bonchev–Trinajstić information content (AvgIpc) is 2.04. The molecule has 0 atom stereocenters. The van der Waals surface area contributed by atoms with E-state index in [4.69, 9.17) is 21.4 Å². The van der Waals surface area contributed by atoms with Gasteiger partial charge in [0.1, 0.15) is 5.75 Å². The Kier molecular flexibility index (Phi) is 3.72. The summed E-state index contributed by atoms with van der Waals surface area (Å²) in [5, 5.41) is 9.25. The van der Waals surface area contributed by atoms with Crippen molar-refractivity contribution in [3.05, 3.63) is 18.2 Å². The molecule has 1 N–H and O–H groups in total. The Morgan fingerprint density at radius 3 is 2.36 bits per heavy atom. The minimum atomic E-state index is 0.163. The number of hydrogen-bond donors (Lipinski definition) is 1. The van der Waals surface area contributed by atoms with Crippen LogP contribution >= 0.6 is 43.3 Å². The molecule has 0 bridgehead atoms. The third-order valence-corrected chi connectivity index (χ3v) is 3.30. The zero-order chi connectivity index (χ0) is 8.27. The van der Waals surface area contributed by atoms with E-state index in [1.165, 1.54) is 0 Å². The second-order valence-electron chi connectivity index (χ2n) is 1.76. The minimum absolute atomic E-state index is 0.163. The molecular weight excluding hydrogens is 223 g/mol. The fourth-order valence-corrected chi connectivity index (χ4v) is 2.64. The molecule has 0 heterocycles. The normalized spacial score (nSPS) is 10.0. The number of phenols is 1. The Morgan fingerprint density at radius 1 is 1.18 bits per heavy atom. The van der Waals surface area contributed by atoms with E-state index >= 15 is 0 Å². The van der Waals surface area contributed by atoms with Crippen molar-refractivity contribution in [2.24, 2.45) is 0 Å². The van der Waals surface area contributed by atoms with Gasteiger partial charge in [-0.1, -0.05) is 6.07 Å². The van der Waals surface area contributed by atoms with Crippen LogP contribution in [0.25, 0.3) is 0 Å². The minimum Gasteiger partial charge on any atom is -0.507 e. The molecule has 11 heavy (non-hydrogen) atoms. The lowest BCUT2D eigenvalue weighted by molar-refractivity contribution is 0.459. The second-order valence-corrected chi connectivity index (χ2v) is 3.84. The highest BCUT2D eigenvalue weighted by Crippen LogP contribution is 2.40. The third kappa shape index (κ3) is 2.12. The quantitative estimate of drug-likeness (QED) is 0.827. The molecular formula is C6H4Cl2OS2. The van der Waals surface area contributed by atoms with E-state index in [0.29, 0.717) is 4.90 Å². The first-order chi connectivity index (χ1) is 5.29. The Balaban J connectivity index is 3.13. The van der Waals surface area contributed by atoms with Crippen molar-refractivity contribution < 1.29 is 5.11 Å². The molecule has 0 aliphatic rings. The van der Waals surface area contributed by atoms with E-state index in [0.717, 1.165) is 26.8 Å². The second kappa shape index (κ2) is 4.36. The van der Waals surface area contributed by atoms with E-state index in [1.54, 1.807) is 18.2 Å². The third-order valence-electron chi connectivity index (χ3n) is 1.12. The van der Waals surface area contributed by atoms with Crippen molar-refractivity contribution in [2.45, 2.75) is 9.79 Å². The van der Waals surface area contributed by atoms with Gasteiger partial charge < -0.3 is 5.11 Å². The molecule has 1 nitrogen and oxygen atoms in total. The van der Waals surface area contributed by atoms with Crippen molar-refractivity contribution >= 4 is 43.3 Å². The average molecular weight is 227 g/mol. The van der Waals surface area contributed by atoms with E-state index in [-0.39, 0.29) is 5.75 Å². The molecule has 1 aromatic rings. The standard InChI is InChI=1S/C6H4Cl2OS2/c7-10-5-3-1-2-4(9)6(5)11-8/h1-3,9H. The lowest BCUT2D eigenvalue weighted by Crippen LogP contribution is -1.74. The van der Waals surface area contributed by atoms with Gasteiger partial charge in [-0.2, -0.15) is 0 Å². The zero-order valence-electron chi connectivity index (χ0n) is 5.25. The number of rotatable bonds is 2. The fraction of sp³-hybridized carbons (Fsp3) is 0. The molecule has 0 saturated carbocycles. The molecule has 1 rings (SSSR count). The highest BCUT2D eigenvalue weighted by Gasteiger charge is 2.06. The predicted octanol–water partition coefficient (Wildman–Crippen LogP) is 3.88. The van der Waals surface area contributed by atoms with Crippen molar-refractivity contribution in [1.29, 1.82) is 0 Å². The van der Waals surface area contributed by atoms with Crippen LogP contribution in [0.1, 0.15) is 0 Å². The molecule has 0 radical (unpaired) electrons. The van der Waals surface area contributed by atoms with Gasteiger partial charge in [-0.25, -0.2) is 0 Å². The summed E-state index contributed by atoms with van der Waals surface area (Å²) in [5.41, 5.74) is 0. The van der Waals surface area contributed by atoms with Gasteiger partial charge in [0.05, 0.1) is 4.90 Å². The molecule has 0 aliphatic heterocycles. The van der Waals surface area contributed by atoms with Crippen LogP contribution in [0.2, 0.25) is 0 Å². The molecule has 5 heteroatoms. The largest absolute Gasteiger partial charge is 0.507 e. The number of hydrogen-bond acceptors (Lipinski definition) is 3. The lowest BCUT2D eigenvalue weighted by Gasteiger charge is -2.02. The van der Waals surface area contributed by atoms with Crippen LogP contribution < -0.4 is 0 Å². The summed E-state index contributed by atoms with van der Waals surface area (Å²) < 4.78 is 0. The first kappa shape index (κ1) is 9.39. The van der Waals surface area contributed by atoms with E-state index in [1.807, 2.05) is 0 Å². The van der Waals surface area contributed by atoms with Crippen LogP contribution in [0, 0.1) is 0 Å². The summed E-state index contributed by atoms with van der Waals surface area (Å²) >= 11 is 0. The van der Waals surface area contributed by atoms with Gasteiger partial charge in [0.25, 0.3) is 0 Å². The molecule has 1 aromatic carbocycles. The Labute approximate surface area is 82.1 Å². The van der Waals surface area contributed by atoms with Crippen molar-refractivity contribution in [2.75, 3.05) is 0 Å². The summed E-state index contributed by atoms with van der Waals surface area (Å²) in [6.07, 6.45) is 0. The van der Waals surface area contributed by atoms with Crippen LogP contribution in [0.3, 0.4) is 0 Å². The Morgan fingerprint density at radius 2 is 1.91 bits per heavy atom.